The summed E-state index contributed by atoms with van der Waals surface area (Å²) in [6.45, 7) is 8.23. The lowest BCUT2D eigenvalue weighted by molar-refractivity contribution is 0.849. The van der Waals surface area contributed by atoms with Crippen molar-refractivity contribution in [3.8, 4) is 0 Å². The van der Waals surface area contributed by atoms with E-state index in [2.05, 4.69) is 25.0 Å². The summed E-state index contributed by atoms with van der Waals surface area (Å²) in [4.78, 5) is 4.24. The molecule has 0 heterocycles. The molecule has 12 heavy (non-hydrogen) atoms. The fourth-order valence-electron chi connectivity index (χ4n) is 0.914. The van der Waals surface area contributed by atoms with Crippen molar-refractivity contribution in [2.75, 3.05) is 7.05 Å². The molecule has 0 aromatic heterocycles. The van der Waals surface area contributed by atoms with Crippen LogP contribution in [0, 0.1) is 0 Å². The van der Waals surface area contributed by atoms with Crippen LogP contribution in [0.25, 0.3) is 0 Å². The summed E-state index contributed by atoms with van der Waals surface area (Å²) in [5.41, 5.74) is 1.02. The molecule has 2 nitrogen and oxygen atoms in total. The van der Waals surface area contributed by atoms with E-state index in [9.17, 15) is 0 Å². The molecule has 0 N–H and O–H groups in total. The van der Waals surface area contributed by atoms with Crippen molar-refractivity contribution in [3.63, 3.8) is 0 Å². The maximum atomic E-state index is 5.80. The normalized spacial score (nSPS) is 10.2. The van der Waals surface area contributed by atoms with Gasteiger partial charge in [-0.25, -0.2) is 0 Å². The second-order valence-electron chi connectivity index (χ2n) is 3.55. The van der Waals surface area contributed by atoms with Crippen molar-refractivity contribution < 1.29 is 0 Å². The van der Waals surface area contributed by atoms with Crippen LogP contribution in [0.3, 0.4) is 0 Å². The van der Waals surface area contributed by atoms with Crippen molar-refractivity contribution in [1.29, 1.82) is 0 Å². The molecule has 0 saturated carbocycles. The molecular formula is C6H16B3N2Si. The van der Waals surface area contributed by atoms with Crippen LogP contribution < -0.4 is 0 Å². The van der Waals surface area contributed by atoms with E-state index in [-0.39, 0.29) is 6.87 Å². The van der Waals surface area contributed by atoms with Gasteiger partial charge in [0.2, 0.25) is 0 Å². The number of rotatable bonds is 4. The van der Waals surface area contributed by atoms with Crippen LogP contribution in [0.5, 0.6) is 0 Å². The van der Waals surface area contributed by atoms with Gasteiger partial charge in [0, 0.05) is 8.67 Å². The van der Waals surface area contributed by atoms with Crippen LogP contribution in [0.4, 0.5) is 0 Å². The Kier molecular flexibility index (Phi) is 5.67. The van der Waals surface area contributed by atoms with Crippen molar-refractivity contribution in [2.24, 2.45) is 4.90 Å². The van der Waals surface area contributed by atoms with Crippen LogP contribution in [-0.2, 0) is 0 Å². The Morgan fingerprint density at radius 3 is 2.33 bits per heavy atom. The minimum absolute atomic E-state index is 0.204. The van der Waals surface area contributed by atoms with Crippen LogP contribution in [0.1, 0.15) is 13.8 Å². The lowest BCUT2D eigenvalue weighted by Crippen LogP contribution is -2.43. The van der Waals surface area contributed by atoms with Gasteiger partial charge in [-0.2, -0.15) is 0 Å². The quantitative estimate of drug-likeness (QED) is 0.440. The first-order valence-corrected chi connectivity index (χ1v) is 7.24. The second-order valence-corrected chi connectivity index (χ2v) is 6.33. The minimum Gasteiger partial charge on any atom is -0.381 e. The zero-order valence-electron chi connectivity index (χ0n) is 8.70. The van der Waals surface area contributed by atoms with Crippen LogP contribution in [0.2, 0.25) is 13.1 Å². The smallest absolute Gasteiger partial charge is 0.290 e. The standard InChI is InChI=1S/C6H16B3N2Si/c1-6(2)10-9(7)11(3)8-12(4)5/h12H,1-5H3. The van der Waals surface area contributed by atoms with Crippen molar-refractivity contribution in [1.82, 2.24) is 4.72 Å². The second kappa shape index (κ2) is 5.65. The summed E-state index contributed by atoms with van der Waals surface area (Å²) in [6, 6.07) is 0. The topological polar surface area (TPSA) is 15.6 Å². The lowest BCUT2D eigenvalue weighted by Gasteiger charge is -2.20. The molecule has 0 unspecified atom stereocenters. The highest BCUT2D eigenvalue weighted by Crippen LogP contribution is 1.90. The Morgan fingerprint density at radius 2 is 2.00 bits per heavy atom. The van der Waals surface area contributed by atoms with Gasteiger partial charge >= 0.3 is 0 Å². The molecule has 0 aromatic rings. The van der Waals surface area contributed by atoms with Crippen LogP contribution >= 0.6 is 0 Å². The van der Waals surface area contributed by atoms with Gasteiger partial charge in [0.15, 0.2) is 7.01 Å². The molecular weight excluding hydrogens is 161 g/mol. The molecule has 0 aliphatic carbocycles. The van der Waals surface area contributed by atoms with Gasteiger partial charge in [0.25, 0.3) is 6.87 Å². The summed E-state index contributed by atoms with van der Waals surface area (Å²) >= 11 is 0. The molecule has 0 spiro atoms. The third-order valence-corrected chi connectivity index (χ3v) is 2.41. The Bertz CT molecular complexity index is 159. The maximum Gasteiger partial charge on any atom is 0.290 e. The predicted molar refractivity (Wildman–Crippen MR) is 62.7 cm³/mol. The summed E-state index contributed by atoms with van der Waals surface area (Å²) in [6.07, 6.45) is 0. The molecule has 0 bridgehead atoms. The van der Waals surface area contributed by atoms with Gasteiger partial charge in [0.1, 0.15) is 0 Å². The average Bonchev–Trinajstić information content (AvgIpc) is 1.84. The van der Waals surface area contributed by atoms with E-state index >= 15 is 0 Å². The molecule has 0 aliphatic rings. The van der Waals surface area contributed by atoms with E-state index < -0.39 is 8.67 Å². The first-order valence-electron chi connectivity index (χ1n) is 4.27. The van der Waals surface area contributed by atoms with Gasteiger partial charge in [0.05, 0.1) is 7.74 Å². The number of hydrogen-bond donors (Lipinski definition) is 0. The zero-order valence-corrected chi connectivity index (χ0v) is 9.86. The van der Waals surface area contributed by atoms with Crippen LogP contribution in [0.15, 0.2) is 4.90 Å². The van der Waals surface area contributed by atoms with E-state index in [4.69, 9.17) is 7.74 Å². The van der Waals surface area contributed by atoms with E-state index in [1.807, 2.05) is 25.6 Å². The zero-order chi connectivity index (χ0) is 9.72. The van der Waals surface area contributed by atoms with Gasteiger partial charge in [-0.05, 0) is 26.6 Å². The maximum absolute atomic E-state index is 5.80. The highest BCUT2D eigenvalue weighted by atomic mass is 28.3. The van der Waals surface area contributed by atoms with E-state index in [0.29, 0.717) is 0 Å². The van der Waals surface area contributed by atoms with E-state index in [1.165, 1.54) is 0 Å². The third kappa shape index (κ3) is 5.66. The Balaban J connectivity index is 3.93. The monoisotopic (exact) mass is 177 g/mol. The highest BCUT2D eigenvalue weighted by molar-refractivity contribution is 7.16. The first-order chi connectivity index (χ1) is 5.43. The van der Waals surface area contributed by atoms with Crippen molar-refractivity contribution in [2.45, 2.75) is 26.9 Å². The largest absolute Gasteiger partial charge is 0.381 e. The summed E-state index contributed by atoms with van der Waals surface area (Å²) in [5.74, 6) is 0. The molecule has 0 amide bonds. The predicted octanol–water partition coefficient (Wildman–Crippen LogP) is 0.155. The molecule has 63 valence electrons. The van der Waals surface area contributed by atoms with E-state index in [1.54, 1.807) is 0 Å². The first kappa shape index (κ1) is 12.0. The van der Waals surface area contributed by atoms with Gasteiger partial charge in [-0.1, -0.05) is 13.1 Å². The van der Waals surface area contributed by atoms with Crippen molar-refractivity contribution in [3.05, 3.63) is 0 Å². The fraction of sp³-hybridized carbons (Fsp3) is 0.833. The molecule has 0 fully saturated rings. The molecule has 0 aliphatic heterocycles. The molecule has 3 radical (unpaired) electrons. The minimum atomic E-state index is -0.678. The SMILES string of the molecule is [B]B(N=C(C)C)N(C)[B][SiH](C)C. The average molecular weight is 177 g/mol. The third-order valence-electron chi connectivity index (χ3n) is 1.34. The van der Waals surface area contributed by atoms with Crippen molar-refractivity contribution >= 4 is 36.0 Å². The molecule has 0 rings (SSSR count). The Labute approximate surface area is 80.1 Å². The van der Waals surface area contributed by atoms with Gasteiger partial charge < -0.3 is 9.63 Å². The number of nitrogens with zero attached hydrogens (tertiary/aromatic N) is 2. The number of hydrogen-bond acceptors (Lipinski definition) is 2. The van der Waals surface area contributed by atoms with Gasteiger partial charge in [-0.3, -0.25) is 0 Å². The highest BCUT2D eigenvalue weighted by Gasteiger charge is 2.14. The summed E-state index contributed by atoms with van der Waals surface area (Å²) < 4.78 is 1.99. The molecule has 0 aromatic carbocycles. The Hall–Kier alpha value is 0.0417. The Morgan fingerprint density at radius 1 is 1.50 bits per heavy atom. The lowest BCUT2D eigenvalue weighted by atomic mass is 9.51. The fourth-order valence-corrected chi connectivity index (χ4v) is 2.03. The van der Waals surface area contributed by atoms with Crippen LogP contribution in [-0.4, -0.2) is 47.8 Å². The molecule has 0 saturated heterocycles. The molecule has 0 atom stereocenters. The van der Waals surface area contributed by atoms with E-state index in [0.717, 1.165) is 5.71 Å². The summed E-state index contributed by atoms with van der Waals surface area (Å²) in [7, 11) is 9.30. The van der Waals surface area contributed by atoms with Gasteiger partial charge in [-0.15, -0.1) is 0 Å². The summed E-state index contributed by atoms with van der Waals surface area (Å²) in [5, 5.41) is 0. The molecule has 6 heteroatoms.